The van der Waals surface area contributed by atoms with Crippen molar-refractivity contribution in [3.05, 3.63) is 0 Å². The fourth-order valence-corrected chi connectivity index (χ4v) is 2.32. The second kappa shape index (κ2) is 6.33. The van der Waals surface area contributed by atoms with E-state index in [2.05, 4.69) is 24.1 Å². The van der Waals surface area contributed by atoms with Gasteiger partial charge in [0.25, 0.3) is 0 Å². The number of carbonyl (C=O) groups is 1. The number of primary amides is 1. The van der Waals surface area contributed by atoms with Gasteiger partial charge in [-0.15, -0.1) is 0 Å². The summed E-state index contributed by atoms with van der Waals surface area (Å²) in [5.41, 5.74) is 5.41. The molecule has 1 fully saturated rings. The van der Waals surface area contributed by atoms with Gasteiger partial charge >= 0.3 is 0 Å². The second-order valence-corrected chi connectivity index (χ2v) is 5.25. The molecule has 1 saturated heterocycles. The van der Waals surface area contributed by atoms with E-state index in [1.54, 1.807) is 0 Å². The zero-order valence-electron chi connectivity index (χ0n) is 11.3. The van der Waals surface area contributed by atoms with Crippen molar-refractivity contribution in [1.82, 2.24) is 10.2 Å². The summed E-state index contributed by atoms with van der Waals surface area (Å²) in [6.45, 7) is 10.5. The Labute approximate surface area is 104 Å². The maximum atomic E-state index is 11.4. The Morgan fingerprint density at radius 2 is 1.94 bits per heavy atom. The molecule has 0 bridgehead atoms. The summed E-state index contributed by atoms with van der Waals surface area (Å²) in [6.07, 6.45) is 0.428. The number of amides is 1. The van der Waals surface area contributed by atoms with Crippen LogP contribution in [0.5, 0.6) is 0 Å². The van der Waals surface area contributed by atoms with Crippen LogP contribution in [0.15, 0.2) is 0 Å². The number of hydrogen-bond acceptors (Lipinski definition) is 4. The second-order valence-electron chi connectivity index (χ2n) is 5.25. The van der Waals surface area contributed by atoms with Gasteiger partial charge in [-0.25, -0.2) is 0 Å². The highest BCUT2D eigenvalue weighted by molar-refractivity contribution is 5.80. The molecule has 17 heavy (non-hydrogen) atoms. The van der Waals surface area contributed by atoms with Crippen molar-refractivity contribution >= 4 is 5.91 Å². The first-order valence-electron chi connectivity index (χ1n) is 6.31. The van der Waals surface area contributed by atoms with Gasteiger partial charge in [0.15, 0.2) is 0 Å². The minimum atomic E-state index is -0.287. The molecule has 1 aliphatic rings. The van der Waals surface area contributed by atoms with Gasteiger partial charge in [0.1, 0.15) is 0 Å². The SMILES string of the molecule is CC(C)NC(CN1C[C@@H](C)O[C@@H](C)C1)C(N)=O. The van der Waals surface area contributed by atoms with Crippen LogP contribution in [0.4, 0.5) is 0 Å². The Hall–Kier alpha value is -0.650. The first-order valence-corrected chi connectivity index (χ1v) is 6.31. The molecule has 5 nitrogen and oxygen atoms in total. The van der Waals surface area contributed by atoms with Crippen LogP contribution in [0.3, 0.4) is 0 Å². The summed E-state index contributed by atoms with van der Waals surface area (Å²) < 4.78 is 5.66. The van der Waals surface area contributed by atoms with Gasteiger partial charge in [0.05, 0.1) is 18.2 Å². The number of hydrogen-bond donors (Lipinski definition) is 2. The molecule has 100 valence electrons. The summed E-state index contributed by atoms with van der Waals surface area (Å²) in [5.74, 6) is -0.287. The molecule has 0 aromatic rings. The van der Waals surface area contributed by atoms with Gasteiger partial charge in [0.2, 0.25) is 5.91 Å². The van der Waals surface area contributed by atoms with Crippen LogP contribution in [0.2, 0.25) is 0 Å². The van der Waals surface area contributed by atoms with Gasteiger partial charge in [-0.05, 0) is 13.8 Å². The number of rotatable bonds is 5. The Morgan fingerprint density at radius 3 is 2.35 bits per heavy atom. The third kappa shape index (κ3) is 5.02. The first kappa shape index (κ1) is 14.4. The van der Waals surface area contributed by atoms with E-state index < -0.39 is 0 Å². The van der Waals surface area contributed by atoms with Crippen LogP contribution in [-0.2, 0) is 9.53 Å². The normalized spacial score (nSPS) is 28.3. The highest BCUT2D eigenvalue weighted by Gasteiger charge is 2.26. The van der Waals surface area contributed by atoms with Crippen LogP contribution in [0, 0.1) is 0 Å². The fourth-order valence-electron chi connectivity index (χ4n) is 2.32. The van der Waals surface area contributed by atoms with Crippen molar-refractivity contribution < 1.29 is 9.53 Å². The molecule has 0 aromatic heterocycles. The summed E-state index contributed by atoms with van der Waals surface area (Å²) in [6, 6.07) is -0.0316. The highest BCUT2D eigenvalue weighted by atomic mass is 16.5. The van der Waals surface area contributed by atoms with Crippen molar-refractivity contribution in [3.63, 3.8) is 0 Å². The molecule has 1 heterocycles. The van der Waals surface area contributed by atoms with Gasteiger partial charge in [0, 0.05) is 25.7 Å². The Morgan fingerprint density at radius 1 is 1.41 bits per heavy atom. The van der Waals surface area contributed by atoms with E-state index >= 15 is 0 Å². The minimum Gasteiger partial charge on any atom is -0.373 e. The standard InChI is InChI=1S/C12H25N3O2/c1-8(2)14-11(12(13)16)7-15-5-9(3)17-10(4)6-15/h8-11,14H,5-7H2,1-4H3,(H2,13,16)/t9-,10+,11?. The van der Waals surface area contributed by atoms with Crippen LogP contribution in [0.1, 0.15) is 27.7 Å². The third-order valence-corrected chi connectivity index (χ3v) is 2.81. The average Bonchev–Trinajstić information content (AvgIpc) is 2.13. The molecule has 1 unspecified atom stereocenters. The third-order valence-electron chi connectivity index (χ3n) is 2.81. The van der Waals surface area contributed by atoms with E-state index in [9.17, 15) is 4.79 Å². The van der Waals surface area contributed by atoms with Gasteiger partial charge in [-0.3, -0.25) is 9.69 Å². The molecular weight excluding hydrogens is 218 g/mol. The predicted octanol–water partition coefficient (Wildman–Crippen LogP) is -0.0525. The lowest BCUT2D eigenvalue weighted by Gasteiger charge is -2.37. The van der Waals surface area contributed by atoms with Gasteiger partial charge in [-0.2, -0.15) is 0 Å². The molecule has 0 radical (unpaired) electrons. The largest absolute Gasteiger partial charge is 0.373 e. The fraction of sp³-hybridized carbons (Fsp3) is 0.917. The van der Waals surface area contributed by atoms with Crippen LogP contribution in [-0.4, -0.2) is 54.7 Å². The van der Waals surface area contributed by atoms with E-state index in [4.69, 9.17) is 10.5 Å². The molecule has 3 N–H and O–H groups in total. The quantitative estimate of drug-likeness (QED) is 0.710. The molecule has 1 rings (SSSR count). The van der Waals surface area contributed by atoms with Crippen molar-refractivity contribution in [2.24, 2.45) is 5.73 Å². The maximum Gasteiger partial charge on any atom is 0.235 e. The summed E-state index contributed by atoms with van der Waals surface area (Å²) >= 11 is 0. The van der Waals surface area contributed by atoms with Crippen LogP contribution >= 0.6 is 0 Å². The van der Waals surface area contributed by atoms with E-state index in [0.717, 1.165) is 13.1 Å². The molecule has 0 aliphatic carbocycles. The number of morpholine rings is 1. The molecule has 1 amide bonds. The van der Waals surface area contributed by atoms with Crippen molar-refractivity contribution in [2.75, 3.05) is 19.6 Å². The van der Waals surface area contributed by atoms with E-state index in [1.807, 2.05) is 13.8 Å². The maximum absolute atomic E-state index is 11.4. The molecule has 3 atom stereocenters. The van der Waals surface area contributed by atoms with E-state index in [0.29, 0.717) is 6.54 Å². The van der Waals surface area contributed by atoms with Gasteiger partial charge in [-0.1, -0.05) is 13.8 Å². The number of nitrogens with one attached hydrogen (secondary N) is 1. The summed E-state index contributed by atoms with van der Waals surface area (Å²) in [7, 11) is 0. The number of ether oxygens (including phenoxy) is 1. The summed E-state index contributed by atoms with van der Waals surface area (Å²) in [5, 5.41) is 3.20. The molecule has 5 heteroatoms. The lowest BCUT2D eigenvalue weighted by molar-refractivity contribution is -0.122. The minimum absolute atomic E-state index is 0.214. The highest BCUT2D eigenvalue weighted by Crippen LogP contribution is 2.10. The molecule has 0 spiro atoms. The predicted molar refractivity (Wildman–Crippen MR) is 67.7 cm³/mol. The van der Waals surface area contributed by atoms with Crippen molar-refractivity contribution in [1.29, 1.82) is 0 Å². The number of nitrogens with zero attached hydrogens (tertiary/aromatic N) is 1. The van der Waals surface area contributed by atoms with Gasteiger partial charge < -0.3 is 15.8 Å². The smallest absolute Gasteiger partial charge is 0.235 e. The zero-order chi connectivity index (χ0) is 13.0. The topological polar surface area (TPSA) is 67.6 Å². The Kier molecular flexibility index (Phi) is 5.36. The Balaban J connectivity index is 2.51. The lowest BCUT2D eigenvalue weighted by Crippen LogP contribution is -2.55. The van der Waals surface area contributed by atoms with Crippen molar-refractivity contribution in [3.8, 4) is 0 Å². The summed E-state index contributed by atoms with van der Waals surface area (Å²) in [4.78, 5) is 13.6. The Bertz CT molecular complexity index is 248. The van der Waals surface area contributed by atoms with Crippen molar-refractivity contribution in [2.45, 2.75) is 52.0 Å². The monoisotopic (exact) mass is 243 g/mol. The molecule has 0 aromatic carbocycles. The van der Waals surface area contributed by atoms with E-state index in [-0.39, 0.29) is 30.2 Å². The van der Waals surface area contributed by atoms with Crippen LogP contribution < -0.4 is 11.1 Å². The number of carbonyl (C=O) groups excluding carboxylic acids is 1. The molecule has 0 saturated carbocycles. The number of nitrogens with two attached hydrogens (primary N) is 1. The molecular formula is C12H25N3O2. The molecule has 1 aliphatic heterocycles. The zero-order valence-corrected chi connectivity index (χ0v) is 11.3. The van der Waals surface area contributed by atoms with E-state index in [1.165, 1.54) is 0 Å². The first-order chi connectivity index (χ1) is 7.88. The van der Waals surface area contributed by atoms with Crippen LogP contribution in [0.25, 0.3) is 0 Å². The average molecular weight is 243 g/mol. The lowest BCUT2D eigenvalue weighted by atomic mass is 10.1.